The van der Waals surface area contributed by atoms with Crippen molar-refractivity contribution in [2.45, 2.75) is 78.9 Å². The summed E-state index contributed by atoms with van der Waals surface area (Å²) in [5.41, 5.74) is 3.52. The largest absolute Gasteiger partial charge is 0.444 e. The standard InChI is InChI=1S/C54H58N4O6/c1-53(2,3)63-51(61)57(9)33-47-41-26-15-11-22-37(41)45(38-23-12-16-27-42(38)47)31-55(7)49(59)35-20-19-21-36(30-35)50(60)56(8)32-46-39-24-13-17-28-43(39)48(44-29-18-14-25-40(44)46)34-58(10)52(62)64-54(4,5)6/h11-30H,31-34H2,1-10H3. The summed E-state index contributed by atoms with van der Waals surface area (Å²) in [6, 6.07) is 39.3. The van der Waals surface area contributed by atoms with E-state index in [4.69, 9.17) is 9.47 Å². The average molecular weight is 859 g/mol. The molecule has 0 saturated heterocycles. The van der Waals surface area contributed by atoms with E-state index >= 15 is 0 Å². The molecule has 64 heavy (non-hydrogen) atoms. The molecule has 10 heteroatoms. The molecular formula is C54H58N4O6. The molecule has 0 aliphatic rings. The highest BCUT2D eigenvalue weighted by molar-refractivity contribution is 6.08. The third kappa shape index (κ3) is 9.66. The van der Waals surface area contributed by atoms with Crippen LogP contribution in [0.1, 0.15) is 84.5 Å². The molecule has 0 radical (unpaired) electrons. The summed E-state index contributed by atoms with van der Waals surface area (Å²) in [6.07, 6.45) is -0.806. The summed E-state index contributed by atoms with van der Waals surface area (Å²) in [5, 5.41) is 7.92. The lowest BCUT2D eigenvalue weighted by molar-refractivity contribution is 0.0276. The van der Waals surface area contributed by atoms with Gasteiger partial charge in [0.25, 0.3) is 11.8 Å². The zero-order valence-electron chi connectivity index (χ0n) is 38.6. The molecular weight excluding hydrogens is 801 g/mol. The minimum atomic E-state index is -0.623. The Morgan fingerprint density at radius 3 is 0.844 bits per heavy atom. The van der Waals surface area contributed by atoms with Gasteiger partial charge < -0.3 is 29.1 Å². The van der Waals surface area contributed by atoms with Crippen molar-refractivity contribution < 1.29 is 28.7 Å². The molecule has 0 N–H and O–H groups in total. The zero-order chi connectivity index (χ0) is 46.1. The zero-order valence-corrected chi connectivity index (χ0v) is 38.6. The molecule has 0 aliphatic carbocycles. The lowest BCUT2D eigenvalue weighted by Crippen LogP contribution is -2.34. The highest BCUT2D eigenvalue weighted by atomic mass is 16.6. The Hall–Kier alpha value is -6.94. The van der Waals surface area contributed by atoms with Gasteiger partial charge in [-0.15, -0.1) is 0 Å². The topological polar surface area (TPSA) is 99.7 Å². The molecule has 0 atom stereocenters. The Bertz CT molecular complexity index is 2620. The summed E-state index contributed by atoms with van der Waals surface area (Å²) in [7, 11) is 7.04. The van der Waals surface area contributed by atoms with Gasteiger partial charge in [0.05, 0.1) is 0 Å². The molecule has 0 fully saturated rings. The second-order valence-corrected chi connectivity index (χ2v) is 18.7. The van der Waals surface area contributed by atoms with E-state index in [1.54, 1.807) is 72.1 Å². The fourth-order valence-corrected chi connectivity index (χ4v) is 8.43. The van der Waals surface area contributed by atoms with Gasteiger partial charge in [-0.25, -0.2) is 9.59 Å². The summed E-state index contributed by atoms with van der Waals surface area (Å²) >= 11 is 0. The minimum Gasteiger partial charge on any atom is -0.444 e. The van der Waals surface area contributed by atoms with Crippen LogP contribution >= 0.6 is 0 Å². The first-order chi connectivity index (χ1) is 30.3. The molecule has 7 aromatic rings. The van der Waals surface area contributed by atoms with Crippen molar-refractivity contribution in [1.82, 2.24) is 19.6 Å². The van der Waals surface area contributed by atoms with Gasteiger partial charge in [-0.1, -0.05) is 103 Å². The number of amides is 4. The Kier molecular flexibility index (Phi) is 12.7. The van der Waals surface area contributed by atoms with Gasteiger partial charge >= 0.3 is 12.2 Å². The molecule has 0 aliphatic heterocycles. The Morgan fingerprint density at radius 1 is 0.375 bits per heavy atom. The van der Waals surface area contributed by atoms with E-state index in [1.165, 1.54) is 0 Å². The van der Waals surface area contributed by atoms with Gasteiger partial charge in [0.15, 0.2) is 0 Å². The van der Waals surface area contributed by atoms with Crippen LogP contribution in [0.4, 0.5) is 9.59 Å². The second kappa shape index (κ2) is 18.0. The van der Waals surface area contributed by atoms with Crippen LogP contribution in [-0.2, 0) is 35.7 Å². The van der Waals surface area contributed by atoms with Gasteiger partial charge in [-0.3, -0.25) is 9.59 Å². The first kappa shape index (κ1) is 45.1. The maximum Gasteiger partial charge on any atom is 0.410 e. The third-order valence-corrected chi connectivity index (χ3v) is 11.4. The van der Waals surface area contributed by atoms with Crippen molar-refractivity contribution in [3.63, 3.8) is 0 Å². The number of fused-ring (bicyclic) bond motifs is 4. The Labute approximate surface area is 375 Å². The molecule has 7 aromatic carbocycles. The van der Waals surface area contributed by atoms with Crippen molar-refractivity contribution in [2.75, 3.05) is 28.2 Å². The van der Waals surface area contributed by atoms with E-state index in [0.717, 1.165) is 65.3 Å². The van der Waals surface area contributed by atoms with Crippen LogP contribution in [0.2, 0.25) is 0 Å². The lowest BCUT2D eigenvalue weighted by Gasteiger charge is -2.27. The van der Waals surface area contributed by atoms with Crippen molar-refractivity contribution in [3.8, 4) is 0 Å². The summed E-state index contributed by atoms with van der Waals surface area (Å²) < 4.78 is 11.3. The van der Waals surface area contributed by atoms with Crippen molar-refractivity contribution in [2.24, 2.45) is 0 Å². The monoisotopic (exact) mass is 858 g/mol. The lowest BCUT2D eigenvalue weighted by atomic mass is 9.91. The molecule has 7 rings (SSSR count). The highest BCUT2D eigenvalue weighted by Gasteiger charge is 2.26. The van der Waals surface area contributed by atoms with E-state index in [1.807, 2.05) is 90.1 Å². The Balaban J connectivity index is 1.15. The molecule has 4 amide bonds. The predicted octanol–water partition coefficient (Wildman–Crippen LogP) is 11.6. The van der Waals surface area contributed by atoms with E-state index in [0.29, 0.717) is 37.3 Å². The predicted molar refractivity (Wildman–Crippen MR) is 256 cm³/mol. The summed E-state index contributed by atoms with van der Waals surface area (Å²) in [6.45, 7) is 12.4. The van der Waals surface area contributed by atoms with Gasteiger partial charge in [0, 0.05) is 65.5 Å². The fraction of sp³-hybridized carbons (Fsp3) is 0.296. The van der Waals surface area contributed by atoms with Crippen LogP contribution in [0.25, 0.3) is 43.1 Å². The maximum atomic E-state index is 14.3. The maximum absolute atomic E-state index is 14.3. The summed E-state index contributed by atoms with van der Waals surface area (Å²) in [5.74, 6) is -0.439. The molecule has 330 valence electrons. The van der Waals surface area contributed by atoms with Gasteiger partial charge in [0.1, 0.15) is 11.2 Å². The van der Waals surface area contributed by atoms with Crippen molar-refractivity contribution in [3.05, 3.63) is 155 Å². The van der Waals surface area contributed by atoms with E-state index in [9.17, 15) is 19.2 Å². The van der Waals surface area contributed by atoms with Crippen molar-refractivity contribution >= 4 is 67.1 Å². The van der Waals surface area contributed by atoms with Crippen LogP contribution in [0.15, 0.2) is 121 Å². The average Bonchev–Trinajstić information content (AvgIpc) is 3.26. The first-order valence-corrected chi connectivity index (χ1v) is 21.6. The third-order valence-electron chi connectivity index (χ3n) is 11.4. The minimum absolute atomic E-state index is 0.219. The molecule has 0 unspecified atom stereocenters. The number of hydrogen-bond acceptors (Lipinski definition) is 6. The second-order valence-electron chi connectivity index (χ2n) is 18.7. The van der Waals surface area contributed by atoms with Gasteiger partial charge in [-0.05, 0) is 125 Å². The number of ether oxygens (including phenoxy) is 2. The highest BCUT2D eigenvalue weighted by Crippen LogP contribution is 2.37. The van der Waals surface area contributed by atoms with Crippen LogP contribution in [0, 0.1) is 0 Å². The van der Waals surface area contributed by atoms with E-state index in [-0.39, 0.29) is 11.8 Å². The van der Waals surface area contributed by atoms with Gasteiger partial charge in [-0.2, -0.15) is 0 Å². The number of hydrogen-bond donors (Lipinski definition) is 0. The summed E-state index contributed by atoms with van der Waals surface area (Å²) in [4.78, 5) is 61.2. The van der Waals surface area contributed by atoms with Crippen LogP contribution in [0.5, 0.6) is 0 Å². The van der Waals surface area contributed by atoms with Crippen LogP contribution in [-0.4, -0.2) is 83.0 Å². The number of rotatable bonds is 10. The van der Waals surface area contributed by atoms with Gasteiger partial charge in [0.2, 0.25) is 0 Å². The number of carbonyl (C=O) groups is 4. The van der Waals surface area contributed by atoms with Crippen molar-refractivity contribution in [1.29, 1.82) is 0 Å². The molecule has 0 bridgehead atoms. The number of carbonyl (C=O) groups excluding carboxylic acids is 4. The quantitative estimate of drug-likeness (QED) is 0.127. The molecule has 0 spiro atoms. The van der Waals surface area contributed by atoms with Crippen LogP contribution in [0.3, 0.4) is 0 Å². The molecule has 10 nitrogen and oxygen atoms in total. The normalized spacial score (nSPS) is 11.8. The Morgan fingerprint density at radius 2 is 0.609 bits per heavy atom. The molecule has 0 heterocycles. The molecule has 0 aromatic heterocycles. The van der Waals surface area contributed by atoms with E-state index < -0.39 is 23.4 Å². The number of nitrogens with zero attached hydrogens (tertiary/aromatic N) is 4. The first-order valence-electron chi connectivity index (χ1n) is 21.6. The molecule has 0 saturated carbocycles. The van der Waals surface area contributed by atoms with E-state index in [2.05, 4.69) is 48.5 Å². The smallest absolute Gasteiger partial charge is 0.410 e. The SMILES string of the molecule is CN(Cc1c2ccccc2c(CN(C)C(=O)c2cccc(C(=O)N(C)Cc3c4ccccc4c(CN(C)C(=O)OC(C)(C)C)c4ccccc34)c2)c2ccccc12)C(=O)OC(C)(C)C. The van der Waals surface area contributed by atoms with Crippen LogP contribution < -0.4 is 0 Å². The fourth-order valence-electron chi connectivity index (χ4n) is 8.43. The number of benzene rings is 7.